The largest absolute Gasteiger partial charge is 0.301 e. The van der Waals surface area contributed by atoms with Gasteiger partial charge in [-0.3, -0.25) is 4.90 Å². The van der Waals surface area contributed by atoms with Crippen LogP contribution in [0.1, 0.15) is 24.1 Å². The summed E-state index contributed by atoms with van der Waals surface area (Å²) >= 11 is 3.54. The number of piperazine rings is 1. The number of benzene rings is 2. The average molecular weight is 359 g/mol. The minimum Gasteiger partial charge on any atom is -0.301 e. The molecule has 3 rings (SSSR count). The zero-order valence-electron chi connectivity index (χ0n) is 13.1. The van der Waals surface area contributed by atoms with E-state index in [9.17, 15) is 0 Å². The second kappa shape index (κ2) is 7.40. The van der Waals surface area contributed by atoms with Crippen molar-refractivity contribution in [3.05, 3.63) is 70.2 Å². The summed E-state index contributed by atoms with van der Waals surface area (Å²) in [5.74, 6) is 0. The predicted molar refractivity (Wildman–Crippen MR) is 96.1 cm³/mol. The number of likely N-dealkylation sites (N-methyl/N-ethyl adjacent to an activating group) is 1. The standard InChI is InChI=1S/C19H23BrN2/c1-2-21-12-14-22(15-13-21)19(16-6-4-3-5-7-16)17-8-10-18(20)11-9-17/h3-11,19H,2,12-15H2,1H3. The quantitative estimate of drug-likeness (QED) is 0.808. The van der Waals surface area contributed by atoms with Gasteiger partial charge in [0.25, 0.3) is 0 Å². The Kier molecular flexibility index (Phi) is 5.29. The smallest absolute Gasteiger partial charge is 0.0602 e. The van der Waals surface area contributed by atoms with E-state index in [0.717, 1.165) is 37.2 Å². The third-order valence-electron chi connectivity index (χ3n) is 4.52. The Balaban J connectivity index is 1.88. The molecule has 3 heteroatoms. The van der Waals surface area contributed by atoms with Gasteiger partial charge in [0.2, 0.25) is 0 Å². The third kappa shape index (κ3) is 3.60. The van der Waals surface area contributed by atoms with Crippen LogP contribution in [0.3, 0.4) is 0 Å². The minimum atomic E-state index is 0.355. The molecular weight excluding hydrogens is 336 g/mol. The highest BCUT2D eigenvalue weighted by Crippen LogP contribution is 2.30. The average Bonchev–Trinajstić information content (AvgIpc) is 2.58. The van der Waals surface area contributed by atoms with Crippen molar-refractivity contribution in [3.63, 3.8) is 0 Å². The molecule has 2 aromatic carbocycles. The molecule has 0 N–H and O–H groups in total. The molecule has 1 saturated heterocycles. The van der Waals surface area contributed by atoms with Crippen LogP contribution in [0.25, 0.3) is 0 Å². The van der Waals surface area contributed by atoms with E-state index in [1.54, 1.807) is 0 Å². The van der Waals surface area contributed by atoms with Crippen LogP contribution in [0, 0.1) is 0 Å². The molecule has 1 unspecified atom stereocenters. The lowest BCUT2D eigenvalue weighted by Gasteiger charge is -2.39. The van der Waals surface area contributed by atoms with Gasteiger partial charge >= 0.3 is 0 Å². The zero-order valence-corrected chi connectivity index (χ0v) is 14.7. The van der Waals surface area contributed by atoms with Crippen LogP contribution in [0.5, 0.6) is 0 Å². The summed E-state index contributed by atoms with van der Waals surface area (Å²) in [7, 11) is 0. The van der Waals surface area contributed by atoms with E-state index in [4.69, 9.17) is 0 Å². The van der Waals surface area contributed by atoms with Crippen LogP contribution in [0.15, 0.2) is 59.1 Å². The van der Waals surface area contributed by atoms with Crippen molar-refractivity contribution in [2.45, 2.75) is 13.0 Å². The maximum atomic E-state index is 3.54. The summed E-state index contributed by atoms with van der Waals surface area (Å²) in [6, 6.07) is 20.0. The first kappa shape index (κ1) is 15.7. The Bertz CT molecular complexity index is 574. The van der Waals surface area contributed by atoms with Crippen LogP contribution in [0.4, 0.5) is 0 Å². The molecule has 1 aliphatic heterocycles. The number of nitrogens with zero attached hydrogens (tertiary/aromatic N) is 2. The lowest BCUT2D eigenvalue weighted by atomic mass is 9.96. The molecule has 0 spiro atoms. The van der Waals surface area contributed by atoms with Crippen molar-refractivity contribution in [2.75, 3.05) is 32.7 Å². The van der Waals surface area contributed by atoms with Crippen molar-refractivity contribution in [1.29, 1.82) is 0 Å². The molecule has 1 heterocycles. The van der Waals surface area contributed by atoms with Gasteiger partial charge in [-0.15, -0.1) is 0 Å². The molecule has 0 bridgehead atoms. The van der Waals surface area contributed by atoms with Crippen LogP contribution in [0.2, 0.25) is 0 Å². The molecule has 0 amide bonds. The Morgan fingerprint density at radius 3 is 2.05 bits per heavy atom. The van der Waals surface area contributed by atoms with E-state index in [2.05, 4.69) is 87.3 Å². The highest BCUT2D eigenvalue weighted by Gasteiger charge is 2.25. The van der Waals surface area contributed by atoms with Crippen molar-refractivity contribution < 1.29 is 0 Å². The molecule has 2 nitrogen and oxygen atoms in total. The molecule has 2 aromatic rings. The Morgan fingerprint density at radius 1 is 0.864 bits per heavy atom. The zero-order chi connectivity index (χ0) is 15.4. The van der Waals surface area contributed by atoms with E-state index < -0.39 is 0 Å². The molecule has 22 heavy (non-hydrogen) atoms. The number of hydrogen-bond donors (Lipinski definition) is 0. The first-order valence-electron chi connectivity index (χ1n) is 8.04. The lowest BCUT2D eigenvalue weighted by molar-refractivity contribution is 0.113. The van der Waals surface area contributed by atoms with Crippen LogP contribution >= 0.6 is 15.9 Å². The van der Waals surface area contributed by atoms with Gasteiger partial charge in [0, 0.05) is 30.7 Å². The molecule has 1 aliphatic rings. The summed E-state index contributed by atoms with van der Waals surface area (Å²) < 4.78 is 1.14. The first-order valence-corrected chi connectivity index (χ1v) is 8.84. The summed E-state index contributed by atoms with van der Waals surface area (Å²) in [5.41, 5.74) is 2.76. The maximum Gasteiger partial charge on any atom is 0.0602 e. The molecule has 0 aliphatic carbocycles. The fourth-order valence-electron chi connectivity index (χ4n) is 3.23. The summed E-state index contributed by atoms with van der Waals surface area (Å²) in [4.78, 5) is 5.14. The highest BCUT2D eigenvalue weighted by molar-refractivity contribution is 9.10. The molecule has 0 radical (unpaired) electrons. The molecule has 0 aromatic heterocycles. The number of halogens is 1. The fraction of sp³-hybridized carbons (Fsp3) is 0.368. The predicted octanol–water partition coefficient (Wildman–Crippen LogP) is 4.18. The van der Waals surface area contributed by atoms with Gasteiger partial charge in [0.05, 0.1) is 6.04 Å². The van der Waals surface area contributed by atoms with Gasteiger partial charge < -0.3 is 4.90 Å². The van der Waals surface area contributed by atoms with E-state index in [1.807, 2.05) is 0 Å². The second-order valence-corrected chi connectivity index (χ2v) is 6.75. The molecule has 0 saturated carbocycles. The Hall–Kier alpha value is -1.16. The van der Waals surface area contributed by atoms with E-state index in [0.29, 0.717) is 6.04 Å². The highest BCUT2D eigenvalue weighted by atomic mass is 79.9. The maximum absolute atomic E-state index is 3.54. The van der Waals surface area contributed by atoms with Gasteiger partial charge in [-0.1, -0.05) is 65.3 Å². The van der Waals surface area contributed by atoms with Gasteiger partial charge in [-0.05, 0) is 29.8 Å². The van der Waals surface area contributed by atoms with Crippen LogP contribution in [-0.2, 0) is 0 Å². The fourth-order valence-corrected chi connectivity index (χ4v) is 3.50. The van der Waals surface area contributed by atoms with Gasteiger partial charge in [-0.2, -0.15) is 0 Å². The van der Waals surface area contributed by atoms with Crippen molar-refractivity contribution >= 4 is 15.9 Å². The van der Waals surface area contributed by atoms with Crippen molar-refractivity contribution in [2.24, 2.45) is 0 Å². The minimum absolute atomic E-state index is 0.355. The topological polar surface area (TPSA) is 6.48 Å². The van der Waals surface area contributed by atoms with E-state index in [-0.39, 0.29) is 0 Å². The van der Waals surface area contributed by atoms with E-state index in [1.165, 1.54) is 11.1 Å². The monoisotopic (exact) mass is 358 g/mol. The Labute approximate surface area is 141 Å². The molecule has 1 fully saturated rings. The first-order chi connectivity index (χ1) is 10.8. The number of rotatable bonds is 4. The summed E-state index contributed by atoms with van der Waals surface area (Å²) in [5, 5.41) is 0. The summed E-state index contributed by atoms with van der Waals surface area (Å²) in [6.45, 7) is 7.99. The van der Waals surface area contributed by atoms with E-state index >= 15 is 0 Å². The van der Waals surface area contributed by atoms with Crippen LogP contribution in [-0.4, -0.2) is 42.5 Å². The van der Waals surface area contributed by atoms with Gasteiger partial charge in [0.1, 0.15) is 0 Å². The van der Waals surface area contributed by atoms with Crippen molar-refractivity contribution in [3.8, 4) is 0 Å². The van der Waals surface area contributed by atoms with Crippen molar-refractivity contribution in [1.82, 2.24) is 9.80 Å². The Morgan fingerprint density at radius 2 is 1.45 bits per heavy atom. The third-order valence-corrected chi connectivity index (χ3v) is 5.05. The van der Waals surface area contributed by atoms with Gasteiger partial charge in [0.15, 0.2) is 0 Å². The summed E-state index contributed by atoms with van der Waals surface area (Å²) in [6.07, 6.45) is 0. The molecule has 116 valence electrons. The van der Waals surface area contributed by atoms with Gasteiger partial charge in [-0.25, -0.2) is 0 Å². The molecule has 1 atom stereocenters. The number of hydrogen-bond acceptors (Lipinski definition) is 2. The second-order valence-electron chi connectivity index (χ2n) is 5.84. The normalized spacial score (nSPS) is 18.3. The SMILES string of the molecule is CCN1CCN(C(c2ccccc2)c2ccc(Br)cc2)CC1. The lowest BCUT2D eigenvalue weighted by Crippen LogP contribution is -2.47. The van der Waals surface area contributed by atoms with Crippen LogP contribution < -0.4 is 0 Å². The molecular formula is C19H23BrN2.